The summed E-state index contributed by atoms with van der Waals surface area (Å²) in [5.74, 6) is 0. The predicted octanol–water partition coefficient (Wildman–Crippen LogP) is -19.6. The van der Waals surface area contributed by atoms with Crippen molar-refractivity contribution in [3.63, 3.8) is 0 Å². The summed E-state index contributed by atoms with van der Waals surface area (Å²) < 4.78 is 0. The van der Waals surface area contributed by atoms with E-state index < -0.39 is 43.6 Å². The van der Waals surface area contributed by atoms with E-state index >= 15 is 0 Å². The quantitative estimate of drug-likeness (QED) is 0.0311. The van der Waals surface area contributed by atoms with Crippen molar-refractivity contribution in [2.24, 2.45) is 0 Å². The van der Waals surface area contributed by atoms with Crippen LogP contribution < -0.4 is 74.4 Å². The fraction of sp³-hybridized carbons (Fsp3) is 1.00. The molecule has 0 heterocycles. The van der Waals surface area contributed by atoms with Crippen LogP contribution in [0.2, 0.25) is 0 Å². The second kappa shape index (κ2) is 34.8. The van der Waals surface area contributed by atoms with Crippen LogP contribution in [0.15, 0.2) is 0 Å². The van der Waals surface area contributed by atoms with E-state index in [4.69, 9.17) is 0 Å². The Bertz CT molecular complexity index is 628. The second-order valence-corrected chi connectivity index (χ2v) is 36.8. The molecule has 0 saturated carbocycles. The molecule has 14 nitrogen and oxygen atoms in total. The molecule has 0 atom stereocenters. The molecule has 14 N–H and O–H groups in total. The van der Waals surface area contributed by atoms with Crippen LogP contribution in [0.25, 0.3) is 0 Å². The average molecular weight is 973 g/mol. The van der Waals surface area contributed by atoms with E-state index in [1.165, 1.54) is 0 Å². The third-order valence-corrected chi connectivity index (χ3v) is 31.3. The molecular weight excluding hydrogens is 911 g/mol. The number of halogens is 6. The van der Waals surface area contributed by atoms with E-state index in [9.17, 15) is 71.5 Å². The Morgan fingerprint density at radius 3 is 0.320 bits per heavy atom. The van der Waals surface area contributed by atoms with Crippen molar-refractivity contribution in [1.82, 2.24) is 0 Å². The molecule has 26 heteroatoms. The Balaban J connectivity index is -0.000000616. The standard InChI is InChI=1S/C24H62O14P6.6ClH/c25-11-39(3-7-41(13-27,14-28)15-29,4-8-42(16-30,17-31)18-32)1-2-40(12-26,5-9-43(19-33,20-34)21-35)6-10-44(22-36,23-37)24-38;;;;;;/h25-38H,1-24H2;6*1H/q+6;;;;;;/p-6. The molecule has 314 valence electrons. The van der Waals surface area contributed by atoms with E-state index in [2.05, 4.69) is 0 Å². The minimum absolute atomic E-state index is 0. The summed E-state index contributed by atoms with van der Waals surface area (Å²) in [6, 6.07) is 0. The molecule has 0 saturated heterocycles. The molecule has 0 fully saturated rings. The van der Waals surface area contributed by atoms with Gasteiger partial charge in [0.2, 0.25) is 0 Å². The van der Waals surface area contributed by atoms with Gasteiger partial charge in [0, 0.05) is 0 Å². The number of aliphatic hydroxyl groups is 14. The van der Waals surface area contributed by atoms with E-state index in [0.29, 0.717) is 37.0 Å². The van der Waals surface area contributed by atoms with Gasteiger partial charge in [-0.15, -0.1) is 0 Å². The highest BCUT2D eigenvalue weighted by Gasteiger charge is 2.53. The zero-order chi connectivity index (χ0) is 34.0. The van der Waals surface area contributed by atoms with Crippen molar-refractivity contribution in [1.29, 1.82) is 0 Å². The second-order valence-electron chi connectivity index (χ2n) is 12.3. The summed E-state index contributed by atoms with van der Waals surface area (Å²) in [5, 5.41) is 142. The van der Waals surface area contributed by atoms with Crippen molar-refractivity contribution in [3.05, 3.63) is 0 Å². The molecule has 0 aromatic carbocycles. The molecule has 0 unspecified atom stereocenters. The molecule has 0 aromatic heterocycles. The maximum Gasteiger partial charge on any atom is 0.158 e. The van der Waals surface area contributed by atoms with Crippen LogP contribution in [-0.4, -0.2) is 222 Å². The lowest BCUT2D eigenvalue weighted by Gasteiger charge is -2.33. The molecule has 0 amide bonds. The normalized spacial score (nSPS) is 12.4. The third-order valence-electron chi connectivity index (χ3n) is 9.44. The molecule has 0 spiro atoms. The van der Waals surface area contributed by atoms with Gasteiger partial charge in [-0.3, -0.25) is 0 Å². The lowest BCUT2D eigenvalue weighted by Crippen LogP contribution is -3.00. The van der Waals surface area contributed by atoms with E-state index in [1.54, 1.807) is 0 Å². The van der Waals surface area contributed by atoms with Crippen molar-refractivity contribution >= 4 is 43.6 Å². The summed E-state index contributed by atoms with van der Waals surface area (Å²) in [7, 11) is -15.1. The molecule has 0 aliphatic rings. The highest BCUT2D eigenvalue weighted by molar-refractivity contribution is 7.83. The monoisotopic (exact) mass is 970 g/mol. The molecule has 0 rings (SSSR count). The number of aliphatic hydroxyl groups excluding tert-OH is 14. The maximum absolute atomic E-state index is 10.9. The highest BCUT2D eigenvalue weighted by Crippen LogP contribution is 2.72. The fourth-order valence-electron chi connectivity index (χ4n) is 4.60. The van der Waals surface area contributed by atoms with Crippen molar-refractivity contribution in [3.8, 4) is 0 Å². The van der Waals surface area contributed by atoms with Gasteiger partial charge in [0.1, 0.15) is 0 Å². The topological polar surface area (TPSA) is 283 Å². The molecule has 0 bridgehead atoms. The molecule has 50 heavy (non-hydrogen) atoms. The van der Waals surface area contributed by atoms with Crippen LogP contribution in [0, 0.1) is 0 Å². The fourth-order valence-corrected chi connectivity index (χ4v) is 26.5. The number of hydrogen-bond donors (Lipinski definition) is 14. The van der Waals surface area contributed by atoms with Crippen LogP contribution in [0.1, 0.15) is 0 Å². The Labute approximate surface area is 338 Å². The Kier molecular flexibility index (Phi) is 47.6. The van der Waals surface area contributed by atoms with Gasteiger partial charge in [0.15, 0.2) is 88.9 Å². The van der Waals surface area contributed by atoms with Crippen LogP contribution in [0.3, 0.4) is 0 Å². The number of rotatable bonds is 29. The van der Waals surface area contributed by atoms with Crippen LogP contribution in [0.5, 0.6) is 0 Å². The van der Waals surface area contributed by atoms with Gasteiger partial charge >= 0.3 is 0 Å². The first-order chi connectivity index (χ1) is 20.9. The average Bonchev–Trinajstić information content (AvgIpc) is 3.09. The zero-order valence-electron chi connectivity index (χ0n) is 28.2. The van der Waals surface area contributed by atoms with Crippen molar-refractivity contribution in [2.45, 2.75) is 0 Å². The Morgan fingerprint density at radius 1 is 0.160 bits per heavy atom. The summed E-state index contributed by atoms with van der Waals surface area (Å²) in [6.45, 7) is 0. The summed E-state index contributed by atoms with van der Waals surface area (Å²) in [6.07, 6.45) is -1.72. The smallest absolute Gasteiger partial charge is 0.158 e. The van der Waals surface area contributed by atoms with Crippen LogP contribution in [0.4, 0.5) is 0 Å². The summed E-state index contributed by atoms with van der Waals surface area (Å²) in [5.41, 5.74) is 0. The van der Waals surface area contributed by atoms with Crippen molar-refractivity contribution < 1.29 is 146 Å². The van der Waals surface area contributed by atoms with Crippen molar-refractivity contribution in [2.75, 3.05) is 150 Å². The van der Waals surface area contributed by atoms with Gasteiger partial charge < -0.3 is 146 Å². The van der Waals surface area contributed by atoms with Gasteiger partial charge in [0.25, 0.3) is 0 Å². The zero-order valence-corrected chi connectivity index (χ0v) is 38.1. The SMILES string of the molecule is OC[P+](CO)(CO)CC[P+](CO)(CC[P+](CO)(CO)CO)CC[P+](CO)(CC[P+](CO)(CO)CO)CC[P+](CO)(CO)CO.[Cl-].[Cl-].[Cl-].[Cl-].[Cl-].[Cl-]. The van der Waals surface area contributed by atoms with E-state index in [-0.39, 0.29) is 188 Å². The van der Waals surface area contributed by atoms with Gasteiger partial charge in [-0.05, 0) is 0 Å². The first-order valence-electron chi connectivity index (χ1n) is 14.5. The van der Waals surface area contributed by atoms with Gasteiger partial charge in [-0.25, -0.2) is 0 Å². The van der Waals surface area contributed by atoms with E-state index in [1.807, 2.05) is 0 Å². The van der Waals surface area contributed by atoms with Gasteiger partial charge in [-0.1, -0.05) is 0 Å². The first kappa shape index (κ1) is 68.4. The molecule has 0 aliphatic carbocycles. The molecule has 0 radical (unpaired) electrons. The highest BCUT2D eigenvalue weighted by atomic mass is 35.5. The number of hydrogen-bond acceptors (Lipinski definition) is 14. The largest absolute Gasteiger partial charge is 1.00 e. The van der Waals surface area contributed by atoms with Crippen LogP contribution >= 0.6 is 43.6 Å². The third kappa shape index (κ3) is 20.4. The van der Waals surface area contributed by atoms with Gasteiger partial charge in [0.05, 0.1) is 105 Å². The minimum Gasteiger partial charge on any atom is -1.00 e. The lowest BCUT2D eigenvalue weighted by atomic mass is 10.9. The molecule has 0 aromatic rings. The van der Waals surface area contributed by atoms with E-state index in [0.717, 1.165) is 0 Å². The summed E-state index contributed by atoms with van der Waals surface area (Å²) in [4.78, 5) is 0. The lowest BCUT2D eigenvalue weighted by molar-refractivity contribution is -0.00100. The predicted molar refractivity (Wildman–Crippen MR) is 189 cm³/mol. The van der Waals surface area contributed by atoms with Crippen LogP contribution in [-0.2, 0) is 0 Å². The summed E-state index contributed by atoms with van der Waals surface area (Å²) >= 11 is 0. The Morgan fingerprint density at radius 2 is 0.240 bits per heavy atom. The van der Waals surface area contributed by atoms with Gasteiger partial charge in [-0.2, -0.15) is 0 Å². The first-order valence-corrected chi connectivity index (χ1v) is 29.7. The maximum atomic E-state index is 10.9. The Hall–Kier alpha value is 3.76. The minimum atomic E-state index is -2.55. The molecule has 0 aliphatic heterocycles. The molecular formula is C24H62Cl6O14P6.